The predicted octanol–water partition coefficient (Wildman–Crippen LogP) is 4.20. The Morgan fingerprint density at radius 1 is 1.00 bits per heavy atom. The number of aryl methyl sites for hydroxylation is 1. The zero-order valence-electron chi connectivity index (χ0n) is 12.9. The Kier molecular flexibility index (Phi) is 6.18. The molecule has 2 amide bonds. The summed E-state index contributed by atoms with van der Waals surface area (Å²) in [5.41, 5.74) is 3.02. The highest BCUT2D eigenvalue weighted by Gasteiger charge is 2.06. The zero-order valence-corrected chi connectivity index (χ0v) is 13.7. The van der Waals surface area contributed by atoms with Gasteiger partial charge in [-0.25, -0.2) is 0 Å². The highest BCUT2D eigenvalue weighted by Crippen LogP contribution is 2.15. The van der Waals surface area contributed by atoms with Crippen LogP contribution in [0.15, 0.2) is 48.5 Å². The maximum atomic E-state index is 12.2. The van der Waals surface area contributed by atoms with Crippen LogP contribution in [-0.4, -0.2) is 17.7 Å². The largest absolute Gasteiger partial charge is 0.326 e. The second-order valence-electron chi connectivity index (χ2n) is 5.24. The Balaban J connectivity index is 1.94. The van der Waals surface area contributed by atoms with Crippen molar-refractivity contribution in [2.24, 2.45) is 0 Å². The molecule has 0 atom stereocenters. The molecule has 0 radical (unpaired) electrons. The number of benzene rings is 2. The molecule has 0 spiro atoms. The van der Waals surface area contributed by atoms with Crippen LogP contribution in [0.1, 0.15) is 28.8 Å². The van der Waals surface area contributed by atoms with Gasteiger partial charge in [-0.3, -0.25) is 9.59 Å². The van der Waals surface area contributed by atoms with Crippen molar-refractivity contribution in [2.75, 3.05) is 16.5 Å². The number of carbonyl (C=O) groups is 2. The van der Waals surface area contributed by atoms with Gasteiger partial charge in [0.1, 0.15) is 0 Å². The maximum absolute atomic E-state index is 12.2. The number of amides is 2. The quantitative estimate of drug-likeness (QED) is 0.780. The van der Waals surface area contributed by atoms with Gasteiger partial charge in [0.15, 0.2) is 0 Å². The fourth-order valence-corrected chi connectivity index (χ4v) is 2.21. The Bertz CT molecular complexity index is 684. The molecule has 120 valence electrons. The van der Waals surface area contributed by atoms with Gasteiger partial charge in [0.2, 0.25) is 5.91 Å². The summed E-state index contributed by atoms with van der Waals surface area (Å²) < 4.78 is 0. The van der Waals surface area contributed by atoms with E-state index >= 15 is 0 Å². The summed E-state index contributed by atoms with van der Waals surface area (Å²) in [7, 11) is 0. The first-order valence-electron chi connectivity index (χ1n) is 7.42. The van der Waals surface area contributed by atoms with Crippen LogP contribution < -0.4 is 10.6 Å². The SMILES string of the molecule is Cc1cccc(C(=O)Nc2ccc(NC(=O)CCCCl)cc2)c1. The van der Waals surface area contributed by atoms with E-state index in [1.807, 2.05) is 25.1 Å². The highest BCUT2D eigenvalue weighted by molar-refractivity contribution is 6.18. The summed E-state index contributed by atoms with van der Waals surface area (Å²) in [5.74, 6) is 0.243. The molecule has 0 unspecified atom stereocenters. The van der Waals surface area contributed by atoms with E-state index in [0.29, 0.717) is 35.7 Å². The minimum Gasteiger partial charge on any atom is -0.326 e. The molecule has 5 heteroatoms. The molecular formula is C18H19ClN2O2. The van der Waals surface area contributed by atoms with Gasteiger partial charge < -0.3 is 10.6 Å². The fourth-order valence-electron chi connectivity index (χ4n) is 2.08. The normalized spacial score (nSPS) is 10.2. The molecule has 2 rings (SSSR count). The van der Waals surface area contributed by atoms with Crippen LogP contribution in [0, 0.1) is 6.92 Å². The van der Waals surface area contributed by atoms with Crippen molar-refractivity contribution >= 4 is 34.8 Å². The lowest BCUT2D eigenvalue weighted by Crippen LogP contribution is -2.13. The topological polar surface area (TPSA) is 58.2 Å². The summed E-state index contributed by atoms with van der Waals surface area (Å²) >= 11 is 5.56. The van der Waals surface area contributed by atoms with Crippen LogP contribution in [0.3, 0.4) is 0 Å². The molecule has 2 aromatic rings. The molecule has 0 bridgehead atoms. The third kappa shape index (κ3) is 5.42. The molecule has 0 aliphatic carbocycles. The maximum Gasteiger partial charge on any atom is 0.255 e. The minimum atomic E-state index is -0.160. The van der Waals surface area contributed by atoms with Crippen LogP contribution in [0.2, 0.25) is 0 Å². The van der Waals surface area contributed by atoms with Crippen molar-refractivity contribution in [3.8, 4) is 0 Å². The molecule has 0 aromatic heterocycles. The number of nitrogens with one attached hydrogen (secondary N) is 2. The summed E-state index contributed by atoms with van der Waals surface area (Å²) in [6, 6.07) is 14.4. The Hall–Kier alpha value is -2.33. The third-order valence-corrected chi connectivity index (χ3v) is 3.51. The fraction of sp³-hybridized carbons (Fsp3) is 0.222. The first-order valence-corrected chi connectivity index (χ1v) is 7.96. The number of halogens is 1. The van der Waals surface area contributed by atoms with Crippen LogP contribution in [0.25, 0.3) is 0 Å². The van der Waals surface area contributed by atoms with Crippen molar-refractivity contribution in [2.45, 2.75) is 19.8 Å². The smallest absolute Gasteiger partial charge is 0.255 e. The molecule has 0 heterocycles. The van der Waals surface area contributed by atoms with E-state index in [9.17, 15) is 9.59 Å². The number of carbonyl (C=O) groups excluding carboxylic acids is 2. The molecule has 0 fully saturated rings. The van der Waals surface area contributed by atoms with Gasteiger partial charge in [0, 0.05) is 29.2 Å². The van der Waals surface area contributed by atoms with Crippen LogP contribution >= 0.6 is 11.6 Å². The average molecular weight is 331 g/mol. The second-order valence-corrected chi connectivity index (χ2v) is 5.62. The molecule has 4 nitrogen and oxygen atoms in total. The number of hydrogen-bond donors (Lipinski definition) is 2. The number of rotatable bonds is 6. The molecule has 0 aliphatic rings. The van der Waals surface area contributed by atoms with E-state index in [-0.39, 0.29) is 11.8 Å². The van der Waals surface area contributed by atoms with Crippen LogP contribution in [0.5, 0.6) is 0 Å². The van der Waals surface area contributed by atoms with Crippen molar-refractivity contribution in [3.63, 3.8) is 0 Å². The molecule has 2 aromatic carbocycles. The molecule has 0 saturated carbocycles. The van der Waals surface area contributed by atoms with E-state index in [1.165, 1.54) is 0 Å². The standard InChI is InChI=1S/C18H19ClN2O2/c1-13-4-2-5-14(12-13)18(23)21-16-9-7-15(8-10-16)20-17(22)6-3-11-19/h2,4-5,7-10,12H,3,6,11H2,1H3,(H,20,22)(H,21,23). The van der Waals surface area contributed by atoms with E-state index < -0.39 is 0 Å². The number of hydrogen-bond acceptors (Lipinski definition) is 2. The molecule has 0 saturated heterocycles. The van der Waals surface area contributed by atoms with Crippen molar-refractivity contribution in [3.05, 3.63) is 59.7 Å². The monoisotopic (exact) mass is 330 g/mol. The third-order valence-electron chi connectivity index (χ3n) is 3.24. The van der Waals surface area contributed by atoms with E-state index in [0.717, 1.165) is 5.56 Å². The first kappa shape index (κ1) is 17.0. The van der Waals surface area contributed by atoms with Crippen molar-refractivity contribution < 1.29 is 9.59 Å². The number of alkyl halides is 1. The van der Waals surface area contributed by atoms with Gasteiger partial charge in [-0.15, -0.1) is 11.6 Å². The Labute approximate surface area is 140 Å². The first-order chi connectivity index (χ1) is 11.1. The number of anilines is 2. The van der Waals surface area contributed by atoms with Gasteiger partial charge in [0.05, 0.1) is 0 Å². The van der Waals surface area contributed by atoms with Crippen LogP contribution in [-0.2, 0) is 4.79 Å². The Morgan fingerprint density at radius 2 is 1.65 bits per heavy atom. The molecule has 0 aliphatic heterocycles. The van der Waals surface area contributed by atoms with Gasteiger partial charge >= 0.3 is 0 Å². The van der Waals surface area contributed by atoms with Gasteiger partial charge in [0.25, 0.3) is 5.91 Å². The van der Waals surface area contributed by atoms with Gasteiger partial charge in [-0.1, -0.05) is 17.7 Å². The second kappa shape index (κ2) is 8.34. The zero-order chi connectivity index (χ0) is 16.7. The van der Waals surface area contributed by atoms with E-state index in [2.05, 4.69) is 10.6 Å². The van der Waals surface area contributed by atoms with Crippen molar-refractivity contribution in [1.29, 1.82) is 0 Å². The van der Waals surface area contributed by atoms with Gasteiger partial charge in [-0.2, -0.15) is 0 Å². The summed E-state index contributed by atoms with van der Waals surface area (Å²) in [6.07, 6.45) is 1.05. The van der Waals surface area contributed by atoms with E-state index in [1.54, 1.807) is 30.3 Å². The summed E-state index contributed by atoms with van der Waals surface area (Å²) in [4.78, 5) is 23.8. The lowest BCUT2D eigenvalue weighted by atomic mass is 10.1. The lowest BCUT2D eigenvalue weighted by Gasteiger charge is -2.08. The highest BCUT2D eigenvalue weighted by atomic mass is 35.5. The summed E-state index contributed by atoms with van der Waals surface area (Å²) in [6.45, 7) is 1.94. The average Bonchev–Trinajstić information content (AvgIpc) is 2.54. The van der Waals surface area contributed by atoms with Gasteiger partial charge in [-0.05, 0) is 49.7 Å². The molecule has 23 heavy (non-hydrogen) atoms. The van der Waals surface area contributed by atoms with Crippen LogP contribution in [0.4, 0.5) is 11.4 Å². The lowest BCUT2D eigenvalue weighted by molar-refractivity contribution is -0.116. The molecule has 2 N–H and O–H groups in total. The minimum absolute atomic E-state index is 0.0674. The van der Waals surface area contributed by atoms with Crippen molar-refractivity contribution in [1.82, 2.24) is 0 Å². The molecular weight excluding hydrogens is 312 g/mol. The summed E-state index contributed by atoms with van der Waals surface area (Å²) in [5, 5.41) is 5.62. The predicted molar refractivity (Wildman–Crippen MR) is 94.2 cm³/mol. The van der Waals surface area contributed by atoms with E-state index in [4.69, 9.17) is 11.6 Å². The Morgan fingerprint density at radius 3 is 2.26 bits per heavy atom.